The first kappa shape index (κ1) is 20.3. The number of nitrogen functional groups attached to an aromatic ring is 1. The Morgan fingerprint density at radius 1 is 1.24 bits per heavy atom. The molecule has 0 saturated carbocycles. The summed E-state index contributed by atoms with van der Waals surface area (Å²) in [6.45, 7) is 4.69. The van der Waals surface area contributed by atoms with Gasteiger partial charge in [-0.15, -0.1) is 0 Å². The fourth-order valence-corrected chi connectivity index (χ4v) is 2.70. The number of halogens is 1. The van der Waals surface area contributed by atoms with Crippen molar-refractivity contribution in [1.29, 1.82) is 0 Å². The van der Waals surface area contributed by atoms with Crippen molar-refractivity contribution in [3.63, 3.8) is 0 Å². The number of pyridine rings is 1. The van der Waals surface area contributed by atoms with Crippen molar-refractivity contribution in [2.24, 2.45) is 0 Å². The zero-order valence-electron chi connectivity index (χ0n) is 16.6. The monoisotopic (exact) mass is 393 g/mol. The Hall–Kier alpha value is -3.41. The normalized spacial score (nSPS) is 11.9. The maximum atomic E-state index is 13.4. The van der Waals surface area contributed by atoms with E-state index < -0.39 is 5.82 Å². The molecule has 0 atom stereocenters. The average molecular weight is 393 g/mol. The molecule has 0 bridgehead atoms. The number of nitrogens with two attached hydrogens (primary N) is 1. The number of hydrogen-bond donors (Lipinski definition) is 1. The number of benzene rings is 1. The summed E-state index contributed by atoms with van der Waals surface area (Å²) in [5.74, 6) is 0.920. The third-order valence-corrected chi connectivity index (χ3v) is 4.24. The topological polar surface area (TPSA) is 74.2 Å². The lowest BCUT2D eigenvalue weighted by atomic mass is 10.1. The smallest absolute Gasteiger partial charge is 0.170 e. The molecule has 0 saturated heterocycles. The molecule has 3 rings (SSSR count). The van der Waals surface area contributed by atoms with E-state index in [2.05, 4.69) is 29.2 Å². The van der Waals surface area contributed by atoms with Crippen LogP contribution in [0, 0.1) is 5.82 Å². The Balaban J connectivity index is 1.60. The van der Waals surface area contributed by atoms with E-state index in [4.69, 9.17) is 15.0 Å². The van der Waals surface area contributed by atoms with Gasteiger partial charge in [0.1, 0.15) is 24.0 Å². The van der Waals surface area contributed by atoms with Gasteiger partial charge in [0.05, 0.1) is 17.5 Å². The quantitative estimate of drug-likeness (QED) is 0.523. The van der Waals surface area contributed by atoms with Gasteiger partial charge in [0.2, 0.25) is 0 Å². The van der Waals surface area contributed by atoms with Gasteiger partial charge in [0.15, 0.2) is 5.76 Å². The van der Waals surface area contributed by atoms with Crippen LogP contribution in [0.3, 0.4) is 0 Å². The Bertz CT molecular complexity index is 1010. The first-order chi connectivity index (χ1) is 14.0. The summed E-state index contributed by atoms with van der Waals surface area (Å²) in [7, 11) is 0. The third-order valence-electron chi connectivity index (χ3n) is 4.24. The largest absolute Gasteiger partial charge is 0.489 e. The standard InChI is InChI=1S/C23H24FN3O2/c1-3-4-5-6-16(2)15-28-20-9-7-17(8-10-20)11-19-13-22(29-27-19)21-12-18(24)14-26-23(21)25/h4-10,12-14H,3,11,15H2,1-2H3,(H2,25,26)/b5-4-,16-6+. The molecular formula is C23H24FN3O2. The van der Waals surface area contributed by atoms with E-state index in [-0.39, 0.29) is 5.82 Å². The van der Waals surface area contributed by atoms with Gasteiger partial charge in [0, 0.05) is 12.5 Å². The third kappa shape index (κ3) is 5.78. The van der Waals surface area contributed by atoms with E-state index in [1.807, 2.05) is 37.3 Å². The molecule has 0 spiro atoms. The van der Waals surface area contributed by atoms with E-state index in [1.165, 1.54) is 6.07 Å². The molecule has 0 radical (unpaired) electrons. The van der Waals surface area contributed by atoms with Crippen LogP contribution >= 0.6 is 0 Å². The van der Waals surface area contributed by atoms with Crippen LogP contribution in [0.5, 0.6) is 5.75 Å². The number of anilines is 1. The van der Waals surface area contributed by atoms with Gasteiger partial charge in [-0.05, 0) is 42.7 Å². The minimum absolute atomic E-state index is 0.199. The summed E-state index contributed by atoms with van der Waals surface area (Å²) < 4.78 is 24.5. The van der Waals surface area contributed by atoms with E-state index in [0.717, 1.165) is 35.2 Å². The molecule has 5 nitrogen and oxygen atoms in total. The predicted molar refractivity (Wildman–Crippen MR) is 112 cm³/mol. The van der Waals surface area contributed by atoms with Crippen LogP contribution in [-0.2, 0) is 6.42 Å². The summed E-state index contributed by atoms with van der Waals surface area (Å²) in [5.41, 5.74) is 9.12. The zero-order chi connectivity index (χ0) is 20.6. The lowest BCUT2D eigenvalue weighted by Gasteiger charge is -2.07. The highest BCUT2D eigenvalue weighted by atomic mass is 19.1. The highest BCUT2D eigenvalue weighted by Gasteiger charge is 2.12. The minimum atomic E-state index is -0.478. The second-order valence-electron chi connectivity index (χ2n) is 6.73. The lowest BCUT2D eigenvalue weighted by Crippen LogP contribution is -1.98. The number of aromatic nitrogens is 2. The van der Waals surface area contributed by atoms with Gasteiger partial charge in [-0.2, -0.15) is 0 Å². The van der Waals surface area contributed by atoms with Crippen LogP contribution in [-0.4, -0.2) is 16.7 Å². The Morgan fingerprint density at radius 2 is 2.03 bits per heavy atom. The lowest BCUT2D eigenvalue weighted by molar-refractivity contribution is 0.352. The molecule has 3 aromatic rings. The Kier molecular flexibility index (Phi) is 6.79. The van der Waals surface area contributed by atoms with Gasteiger partial charge in [-0.3, -0.25) is 0 Å². The van der Waals surface area contributed by atoms with Crippen LogP contribution in [0.2, 0.25) is 0 Å². The molecule has 150 valence electrons. The van der Waals surface area contributed by atoms with E-state index in [9.17, 15) is 4.39 Å². The molecule has 0 amide bonds. The van der Waals surface area contributed by atoms with Crippen LogP contribution in [0.4, 0.5) is 10.2 Å². The van der Waals surface area contributed by atoms with Crippen molar-refractivity contribution in [2.45, 2.75) is 26.7 Å². The van der Waals surface area contributed by atoms with Crippen molar-refractivity contribution in [3.05, 3.63) is 83.5 Å². The molecule has 0 aliphatic heterocycles. The highest BCUT2D eigenvalue weighted by molar-refractivity contribution is 5.69. The fraction of sp³-hybridized carbons (Fsp3) is 0.217. The maximum absolute atomic E-state index is 13.4. The van der Waals surface area contributed by atoms with Gasteiger partial charge in [-0.25, -0.2) is 9.37 Å². The second kappa shape index (κ2) is 9.68. The van der Waals surface area contributed by atoms with Crippen molar-refractivity contribution in [3.8, 4) is 17.1 Å². The molecule has 6 heteroatoms. The second-order valence-corrected chi connectivity index (χ2v) is 6.73. The first-order valence-corrected chi connectivity index (χ1v) is 9.46. The number of rotatable bonds is 8. The molecule has 2 aromatic heterocycles. The molecule has 0 aliphatic rings. The molecule has 0 fully saturated rings. The summed E-state index contributed by atoms with van der Waals surface area (Å²) in [6.07, 6.45) is 8.87. The molecule has 29 heavy (non-hydrogen) atoms. The van der Waals surface area contributed by atoms with Crippen molar-refractivity contribution >= 4 is 5.82 Å². The Morgan fingerprint density at radius 3 is 2.79 bits per heavy atom. The molecule has 1 aromatic carbocycles. The van der Waals surface area contributed by atoms with Crippen LogP contribution in [0.15, 0.2) is 70.9 Å². The number of ether oxygens (including phenoxy) is 1. The van der Waals surface area contributed by atoms with Crippen molar-refractivity contribution in [2.75, 3.05) is 12.3 Å². The molecule has 2 N–H and O–H groups in total. The predicted octanol–water partition coefficient (Wildman–Crippen LogP) is 5.34. The number of hydrogen-bond acceptors (Lipinski definition) is 5. The SMILES string of the molecule is CC/C=C\C=C(/C)COc1ccc(Cc2cc(-c3cc(F)cnc3N)on2)cc1. The highest BCUT2D eigenvalue weighted by Crippen LogP contribution is 2.26. The molecule has 0 unspecified atom stereocenters. The molecule has 0 aliphatic carbocycles. The van der Waals surface area contributed by atoms with E-state index in [0.29, 0.717) is 24.4 Å². The van der Waals surface area contributed by atoms with E-state index >= 15 is 0 Å². The van der Waals surface area contributed by atoms with Gasteiger partial charge < -0.3 is 15.0 Å². The number of nitrogens with zero attached hydrogens (tertiary/aromatic N) is 2. The maximum Gasteiger partial charge on any atom is 0.170 e. The number of allylic oxidation sites excluding steroid dienone is 3. The van der Waals surface area contributed by atoms with Crippen molar-refractivity contribution in [1.82, 2.24) is 10.1 Å². The van der Waals surface area contributed by atoms with Crippen molar-refractivity contribution < 1.29 is 13.7 Å². The van der Waals surface area contributed by atoms with Crippen LogP contribution in [0.25, 0.3) is 11.3 Å². The molecule has 2 heterocycles. The van der Waals surface area contributed by atoms with Gasteiger partial charge >= 0.3 is 0 Å². The summed E-state index contributed by atoms with van der Waals surface area (Å²) in [4.78, 5) is 3.80. The first-order valence-electron chi connectivity index (χ1n) is 9.46. The van der Waals surface area contributed by atoms with Crippen LogP contribution in [0.1, 0.15) is 31.5 Å². The van der Waals surface area contributed by atoms with E-state index in [1.54, 1.807) is 6.07 Å². The summed E-state index contributed by atoms with van der Waals surface area (Å²) >= 11 is 0. The van der Waals surface area contributed by atoms with Gasteiger partial charge in [-0.1, -0.05) is 42.4 Å². The fourth-order valence-electron chi connectivity index (χ4n) is 2.70. The summed E-state index contributed by atoms with van der Waals surface area (Å²) in [5, 5.41) is 4.05. The molecular weight excluding hydrogens is 369 g/mol. The minimum Gasteiger partial charge on any atom is -0.489 e. The average Bonchev–Trinajstić information content (AvgIpc) is 3.18. The van der Waals surface area contributed by atoms with Gasteiger partial charge in [0.25, 0.3) is 0 Å². The zero-order valence-corrected chi connectivity index (χ0v) is 16.6. The summed E-state index contributed by atoms with van der Waals surface area (Å²) in [6, 6.07) is 10.9. The Labute approximate surface area is 169 Å². The van der Waals surface area contributed by atoms with Crippen LogP contribution < -0.4 is 10.5 Å².